The normalized spacial score (nSPS) is 8.38. The standard InChI is InChI=1S/C5H9ClOSi/c1-5(2)3-7-8-4-6/h3H,4H2,1-2H3. The molecule has 0 unspecified atom stereocenters. The van der Waals surface area contributed by atoms with Crippen molar-refractivity contribution in [2.75, 3.05) is 5.50 Å². The first-order valence-electron chi connectivity index (χ1n) is 2.35. The van der Waals surface area contributed by atoms with Crippen molar-refractivity contribution in [1.82, 2.24) is 0 Å². The number of halogens is 1. The molecule has 0 heterocycles. The van der Waals surface area contributed by atoms with Gasteiger partial charge in [0.2, 0.25) is 0 Å². The highest BCUT2D eigenvalue weighted by Crippen LogP contribution is 1.87. The molecule has 0 aliphatic carbocycles. The van der Waals surface area contributed by atoms with E-state index in [4.69, 9.17) is 16.0 Å². The SMILES string of the molecule is CC(C)=CO[Si]CCl. The lowest BCUT2D eigenvalue weighted by molar-refractivity contribution is 0.512. The van der Waals surface area contributed by atoms with E-state index in [9.17, 15) is 0 Å². The molecule has 0 aromatic carbocycles. The summed E-state index contributed by atoms with van der Waals surface area (Å²) < 4.78 is 4.98. The fraction of sp³-hybridized carbons (Fsp3) is 0.600. The van der Waals surface area contributed by atoms with Gasteiger partial charge in [-0.2, -0.15) is 0 Å². The van der Waals surface area contributed by atoms with Gasteiger partial charge in [0, 0.05) is 0 Å². The van der Waals surface area contributed by atoms with Crippen LogP contribution in [-0.2, 0) is 4.43 Å². The van der Waals surface area contributed by atoms with Crippen molar-refractivity contribution in [1.29, 1.82) is 0 Å². The minimum absolute atomic E-state index is 0.397. The Labute approximate surface area is 57.6 Å². The molecule has 0 bridgehead atoms. The summed E-state index contributed by atoms with van der Waals surface area (Å²) in [5.41, 5.74) is 1.76. The maximum atomic E-state index is 5.34. The van der Waals surface area contributed by atoms with Crippen LogP contribution in [0.5, 0.6) is 0 Å². The van der Waals surface area contributed by atoms with E-state index < -0.39 is 0 Å². The molecule has 0 aliphatic rings. The number of hydrogen-bond donors (Lipinski definition) is 0. The molecule has 0 rings (SSSR count). The summed E-state index contributed by atoms with van der Waals surface area (Å²) in [4.78, 5) is 0. The van der Waals surface area contributed by atoms with Crippen LogP contribution >= 0.6 is 11.6 Å². The maximum absolute atomic E-state index is 5.34. The molecule has 8 heavy (non-hydrogen) atoms. The molecule has 2 radical (unpaired) electrons. The fourth-order valence-electron chi connectivity index (χ4n) is 0.191. The molecule has 1 nitrogen and oxygen atoms in total. The van der Waals surface area contributed by atoms with Crippen LogP contribution in [0, 0.1) is 0 Å². The van der Waals surface area contributed by atoms with Gasteiger partial charge in [-0.15, -0.1) is 11.6 Å². The zero-order valence-electron chi connectivity index (χ0n) is 5.07. The molecule has 0 amide bonds. The van der Waals surface area contributed by atoms with Crippen LogP contribution in [0.2, 0.25) is 0 Å². The fourth-order valence-corrected chi connectivity index (χ4v) is 0.762. The molecule has 0 saturated carbocycles. The summed E-state index contributed by atoms with van der Waals surface area (Å²) in [6.07, 6.45) is 1.72. The summed E-state index contributed by atoms with van der Waals surface area (Å²) in [5, 5.41) is 0. The van der Waals surface area contributed by atoms with E-state index in [1.54, 1.807) is 6.26 Å². The van der Waals surface area contributed by atoms with E-state index in [-0.39, 0.29) is 0 Å². The second-order valence-electron chi connectivity index (χ2n) is 1.59. The molecule has 0 aliphatic heterocycles. The molecule has 3 heteroatoms. The topological polar surface area (TPSA) is 9.23 Å². The third kappa shape index (κ3) is 6.05. The van der Waals surface area contributed by atoms with Gasteiger partial charge in [-0.25, -0.2) is 0 Å². The average molecular weight is 149 g/mol. The summed E-state index contributed by atoms with van der Waals surface area (Å²) in [7, 11) is 0.397. The molecule has 0 aromatic heterocycles. The second-order valence-corrected chi connectivity index (χ2v) is 3.18. The third-order valence-electron chi connectivity index (χ3n) is 0.433. The summed E-state index contributed by atoms with van der Waals surface area (Å²) in [6, 6.07) is 0. The predicted molar refractivity (Wildman–Crippen MR) is 37.0 cm³/mol. The average Bonchev–Trinajstić information content (AvgIpc) is 1.66. The lowest BCUT2D eigenvalue weighted by atomic mass is 10.4. The number of rotatable bonds is 3. The molecular formula is C5H9ClOSi. The molecule has 0 atom stereocenters. The van der Waals surface area contributed by atoms with Crippen molar-refractivity contribution in [3.63, 3.8) is 0 Å². The van der Waals surface area contributed by atoms with Crippen molar-refractivity contribution in [2.24, 2.45) is 0 Å². The van der Waals surface area contributed by atoms with Gasteiger partial charge in [0.25, 0.3) is 0 Å². The molecule has 0 spiro atoms. The first-order valence-corrected chi connectivity index (χ1v) is 4.00. The maximum Gasteiger partial charge on any atom is 0.326 e. The largest absolute Gasteiger partial charge is 0.545 e. The van der Waals surface area contributed by atoms with Crippen LogP contribution in [0.1, 0.15) is 13.8 Å². The van der Waals surface area contributed by atoms with Gasteiger partial charge >= 0.3 is 9.76 Å². The molecular weight excluding hydrogens is 140 g/mol. The van der Waals surface area contributed by atoms with Crippen LogP contribution in [0.25, 0.3) is 0 Å². The monoisotopic (exact) mass is 148 g/mol. The van der Waals surface area contributed by atoms with Crippen molar-refractivity contribution in [3.8, 4) is 0 Å². The zero-order valence-corrected chi connectivity index (χ0v) is 6.83. The molecule has 0 fully saturated rings. The minimum Gasteiger partial charge on any atom is -0.545 e. The predicted octanol–water partition coefficient (Wildman–Crippen LogP) is 1.74. The van der Waals surface area contributed by atoms with Crippen LogP contribution in [0.3, 0.4) is 0 Å². The summed E-state index contributed by atoms with van der Waals surface area (Å²) in [6.45, 7) is 3.97. The molecule has 0 aromatic rings. The Hall–Kier alpha value is 0.0469. The molecule has 0 N–H and O–H groups in total. The van der Waals surface area contributed by atoms with E-state index in [2.05, 4.69) is 0 Å². The molecule has 0 saturated heterocycles. The number of allylic oxidation sites excluding steroid dienone is 1. The Morgan fingerprint density at radius 1 is 1.75 bits per heavy atom. The van der Waals surface area contributed by atoms with Gasteiger partial charge in [-0.1, -0.05) is 0 Å². The van der Waals surface area contributed by atoms with Crippen molar-refractivity contribution in [2.45, 2.75) is 13.8 Å². The van der Waals surface area contributed by atoms with Crippen LogP contribution < -0.4 is 0 Å². The lowest BCUT2D eigenvalue weighted by Crippen LogP contribution is -1.93. The Balaban J connectivity index is 3.03. The van der Waals surface area contributed by atoms with Gasteiger partial charge in [0.1, 0.15) is 0 Å². The smallest absolute Gasteiger partial charge is 0.326 e. The highest BCUT2D eigenvalue weighted by atomic mass is 35.5. The summed E-state index contributed by atoms with van der Waals surface area (Å²) >= 11 is 5.34. The van der Waals surface area contributed by atoms with E-state index in [0.29, 0.717) is 15.3 Å². The second kappa shape index (κ2) is 5.19. The minimum atomic E-state index is 0.397. The van der Waals surface area contributed by atoms with Gasteiger partial charge in [-0.05, 0) is 19.4 Å². The van der Waals surface area contributed by atoms with Gasteiger partial charge in [0.05, 0.1) is 11.8 Å². The Morgan fingerprint density at radius 2 is 2.38 bits per heavy atom. The molecule has 46 valence electrons. The first-order chi connectivity index (χ1) is 3.77. The number of alkyl halides is 1. The zero-order chi connectivity index (χ0) is 6.41. The van der Waals surface area contributed by atoms with E-state index in [1.165, 1.54) is 5.57 Å². The van der Waals surface area contributed by atoms with Crippen LogP contribution in [0.15, 0.2) is 11.8 Å². The van der Waals surface area contributed by atoms with Crippen LogP contribution in [-0.4, -0.2) is 15.3 Å². The lowest BCUT2D eigenvalue weighted by Gasteiger charge is -1.92. The van der Waals surface area contributed by atoms with Crippen molar-refractivity contribution in [3.05, 3.63) is 11.8 Å². The Bertz CT molecular complexity index is 78.5. The van der Waals surface area contributed by atoms with Gasteiger partial charge in [-0.3, -0.25) is 0 Å². The van der Waals surface area contributed by atoms with Gasteiger partial charge in [0.15, 0.2) is 0 Å². The van der Waals surface area contributed by atoms with Crippen molar-refractivity contribution < 1.29 is 4.43 Å². The highest BCUT2D eigenvalue weighted by molar-refractivity contribution is 6.45. The quantitative estimate of drug-likeness (QED) is 0.257. The van der Waals surface area contributed by atoms with E-state index >= 15 is 0 Å². The van der Waals surface area contributed by atoms with E-state index in [0.717, 1.165) is 0 Å². The van der Waals surface area contributed by atoms with Gasteiger partial charge < -0.3 is 4.43 Å². The highest BCUT2D eigenvalue weighted by Gasteiger charge is 1.82. The number of hydrogen-bond acceptors (Lipinski definition) is 1. The van der Waals surface area contributed by atoms with Crippen molar-refractivity contribution >= 4 is 21.4 Å². The summed E-state index contributed by atoms with van der Waals surface area (Å²) in [5.74, 6) is 0. The van der Waals surface area contributed by atoms with E-state index in [1.807, 2.05) is 13.8 Å². The third-order valence-corrected chi connectivity index (χ3v) is 1.15. The Kier molecular flexibility index (Phi) is 5.22. The Morgan fingerprint density at radius 3 is 2.75 bits per heavy atom. The first kappa shape index (κ1) is 8.05. The van der Waals surface area contributed by atoms with Crippen LogP contribution in [0.4, 0.5) is 0 Å².